The van der Waals surface area contributed by atoms with Crippen LogP contribution in [0.25, 0.3) is 0 Å². The van der Waals surface area contributed by atoms with Crippen molar-refractivity contribution in [1.29, 1.82) is 0 Å². The molecule has 1 saturated carbocycles. The number of rotatable bonds is 6. The first kappa shape index (κ1) is 13.8. The van der Waals surface area contributed by atoms with Gasteiger partial charge in [-0.2, -0.15) is 0 Å². The Morgan fingerprint density at radius 1 is 1.58 bits per heavy atom. The van der Waals surface area contributed by atoms with Gasteiger partial charge < -0.3 is 10.1 Å². The Hall–Kier alpha value is -1.65. The molecule has 1 fully saturated rings. The summed E-state index contributed by atoms with van der Waals surface area (Å²) in [6.07, 6.45) is 6.33. The minimum atomic E-state index is -0.399. The topological polar surface area (TPSA) is 64.1 Å². The predicted octanol–water partition coefficient (Wildman–Crippen LogP) is 2.56. The summed E-state index contributed by atoms with van der Waals surface area (Å²) < 4.78 is 4.77. The van der Waals surface area contributed by atoms with Crippen LogP contribution < -0.4 is 5.32 Å². The van der Waals surface area contributed by atoms with E-state index >= 15 is 0 Å². The van der Waals surface area contributed by atoms with E-state index in [2.05, 4.69) is 22.2 Å². The second-order valence-corrected chi connectivity index (χ2v) is 5.10. The molecule has 2 rings (SSSR count). The molecule has 1 aromatic rings. The zero-order chi connectivity index (χ0) is 13.8. The first-order valence-corrected chi connectivity index (χ1v) is 6.82. The number of ether oxygens (including phenoxy) is 1. The number of aromatic nitrogens is 2. The van der Waals surface area contributed by atoms with Crippen molar-refractivity contribution in [2.45, 2.75) is 45.6 Å². The second-order valence-electron chi connectivity index (χ2n) is 5.10. The molecule has 0 spiro atoms. The van der Waals surface area contributed by atoms with E-state index in [1.54, 1.807) is 0 Å². The summed E-state index contributed by atoms with van der Waals surface area (Å²) in [5, 5.41) is 3.37. The van der Waals surface area contributed by atoms with Gasteiger partial charge >= 0.3 is 5.97 Å². The molecule has 0 aliphatic heterocycles. The number of hydrogen-bond donors (Lipinski definition) is 1. The van der Waals surface area contributed by atoms with Crippen LogP contribution in [0.15, 0.2) is 6.20 Å². The van der Waals surface area contributed by atoms with Crippen LogP contribution in [0.5, 0.6) is 0 Å². The number of nitrogens with one attached hydrogen (secondary N) is 1. The number of methoxy groups -OCH3 is 1. The minimum absolute atomic E-state index is 0.352. The van der Waals surface area contributed by atoms with Gasteiger partial charge in [0.05, 0.1) is 7.11 Å². The van der Waals surface area contributed by atoms with E-state index in [9.17, 15) is 4.79 Å². The highest BCUT2D eigenvalue weighted by molar-refractivity contribution is 5.94. The number of aryl methyl sites for hydroxylation is 1. The quantitative estimate of drug-likeness (QED) is 0.799. The zero-order valence-corrected chi connectivity index (χ0v) is 11.8. The maximum absolute atomic E-state index is 11.7. The molecule has 0 radical (unpaired) electrons. The first-order valence-electron chi connectivity index (χ1n) is 6.82. The minimum Gasteiger partial charge on any atom is -0.465 e. The summed E-state index contributed by atoms with van der Waals surface area (Å²) in [5.74, 6) is 1.68. The average Bonchev–Trinajstić information content (AvgIpc) is 3.21. The van der Waals surface area contributed by atoms with Crippen molar-refractivity contribution in [3.05, 3.63) is 17.6 Å². The Balaban J connectivity index is 2.15. The Labute approximate surface area is 113 Å². The van der Waals surface area contributed by atoms with Gasteiger partial charge in [0, 0.05) is 12.2 Å². The molecule has 1 N–H and O–H groups in total. The van der Waals surface area contributed by atoms with Gasteiger partial charge in [-0.1, -0.05) is 19.8 Å². The summed E-state index contributed by atoms with van der Waals surface area (Å²) in [6, 6.07) is 0.352. The molecule has 1 unspecified atom stereocenters. The maximum Gasteiger partial charge on any atom is 0.343 e. The van der Waals surface area contributed by atoms with Gasteiger partial charge in [-0.3, -0.25) is 0 Å². The van der Waals surface area contributed by atoms with Gasteiger partial charge in [-0.15, -0.1) is 0 Å². The Morgan fingerprint density at radius 2 is 2.32 bits per heavy atom. The smallest absolute Gasteiger partial charge is 0.343 e. The molecule has 1 aliphatic rings. The van der Waals surface area contributed by atoms with E-state index in [4.69, 9.17) is 4.74 Å². The van der Waals surface area contributed by atoms with Crippen LogP contribution >= 0.6 is 0 Å². The van der Waals surface area contributed by atoms with Gasteiger partial charge in [0.1, 0.15) is 17.2 Å². The number of anilines is 1. The molecule has 1 atom stereocenters. The first-order chi connectivity index (χ1) is 9.13. The van der Waals surface area contributed by atoms with Crippen molar-refractivity contribution < 1.29 is 9.53 Å². The molecule has 5 heteroatoms. The lowest BCUT2D eigenvalue weighted by molar-refractivity contribution is 0.0601. The van der Waals surface area contributed by atoms with E-state index in [0.29, 0.717) is 23.2 Å². The Kier molecular flexibility index (Phi) is 4.35. The van der Waals surface area contributed by atoms with Crippen LogP contribution in [-0.4, -0.2) is 29.1 Å². The molecule has 1 aliphatic carbocycles. The third kappa shape index (κ3) is 3.66. The van der Waals surface area contributed by atoms with Crippen LogP contribution in [0, 0.1) is 12.8 Å². The molecule has 1 heterocycles. The summed E-state index contributed by atoms with van der Waals surface area (Å²) in [7, 11) is 1.37. The fraction of sp³-hybridized carbons (Fsp3) is 0.643. The zero-order valence-electron chi connectivity index (χ0n) is 11.8. The molecule has 0 saturated heterocycles. The Morgan fingerprint density at radius 3 is 2.89 bits per heavy atom. The lowest BCUT2D eigenvalue weighted by atomic mass is 10.1. The number of nitrogens with zero attached hydrogens (tertiary/aromatic N) is 2. The maximum atomic E-state index is 11.7. The van der Waals surface area contributed by atoms with Gasteiger partial charge in [0.15, 0.2) is 0 Å². The molecule has 0 amide bonds. The van der Waals surface area contributed by atoms with Crippen molar-refractivity contribution in [2.75, 3.05) is 12.4 Å². The lowest BCUT2D eigenvalue weighted by Crippen LogP contribution is -2.22. The van der Waals surface area contributed by atoms with Gasteiger partial charge in [-0.25, -0.2) is 14.8 Å². The van der Waals surface area contributed by atoms with Gasteiger partial charge in [0.2, 0.25) is 0 Å². The van der Waals surface area contributed by atoms with Crippen LogP contribution in [0.3, 0.4) is 0 Å². The lowest BCUT2D eigenvalue weighted by Gasteiger charge is -2.19. The molecule has 1 aromatic heterocycles. The van der Waals surface area contributed by atoms with Gasteiger partial charge in [0.25, 0.3) is 0 Å². The van der Waals surface area contributed by atoms with Crippen molar-refractivity contribution in [1.82, 2.24) is 9.97 Å². The highest BCUT2D eigenvalue weighted by Gasteiger charge is 2.26. The van der Waals surface area contributed by atoms with Crippen molar-refractivity contribution >= 4 is 11.8 Å². The van der Waals surface area contributed by atoms with E-state index < -0.39 is 5.97 Å². The highest BCUT2D eigenvalue weighted by Crippen LogP contribution is 2.34. The molecular weight excluding hydrogens is 242 g/mol. The van der Waals surface area contributed by atoms with Crippen molar-refractivity contribution in [2.24, 2.45) is 5.92 Å². The summed E-state index contributed by atoms with van der Waals surface area (Å²) in [5.41, 5.74) is 0.405. The molecule has 19 heavy (non-hydrogen) atoms. The SMILES string of the molecule is CCC(CC1CC1)Nc1nc(C)ncc1C(=O)OC. The van der Waals surface area contributed by atoms with E-state index in [0.717, 1.165) is 18.8 Å². The van der Waals surface area contributed by atoms with Crippen LogP contribution in [0.1, 0.15) is 48.8 Å². The normalized spacial score (nSPS) is 15.9. The van der Waals surface area contributed by atoms with E-state index in [1.807, 2.05) is 6.92 Å². The summed E-state index contributed by atoms with van der Waals surface area (Å²) in [6.45, 7) is 3.96. The van der Waals surface area contributed by atoms with Crippen molar-refractivity contribution in [3.8, 4) is 0 Å². The second kappa shape index (κ2) is 5.99. The fourth-order valence-corrected chi connectivity index (χ4v) is 2.12. The van der Waals surface area contributed by atoms with Crippen molar-refractivity contribution in [3.63, 3.8) is 0 Å². The largest absolute Gasteiger partial charge is 0.465 e. The third-order valence-corrected chi connectivity index (χ3v) is 3.46. The molecule has 0 bridgehead atoms. The monoisotopic (exact) mass is 263 g/mol. The highest BCUT2D eigenvalue weighted by atomic mass is 16.5. The molecule has 0 aromatic carbocycles. The molecule has 104 valence electrons. The number of esters is 1. The van der Waals surface area contributed by atoms with Crippen LogP contribution in [0.4, 0.5) is 5.82 Å². The number of carbonyl (C=O) groups is 1. The van der Waals surface area contributed by atoms with Crippen LogP contribution in [-0.2, 0) is 4.74 Å². The number of carbonyl (C=O) groups excluding carboxylic acids is 1. The summed E-state index contributed by atoms with van der Waals surface area (Å²) in [4.78, 5) is 20.1. The predicted molar refractivity (Wildman–Crippen MR) is 73.2 cm³/mol. The Bertz CT molecular complexity index is 458. The standard InChI is InChI=1S/C14H21N3O2/c1-4-11(7-10-5-6-10)17-13-12(14(18)19-3)8-15-9(2)16-13/h8,10-11H,4-7H2,1-3H3,(H,15,16,17). The van der Waals surface area contributed by atoms with E-state index in [1.165, 1.54) is 26.1 Å². The summed E-state index contributed by atoms with van der Waals surface area (Å²) >= 11 is 0. The number of hydrogen-bond acceptors (Lipinski definition) is 5. The van der Waals surface area contributed by atoms with Crippen LogP contribution in [0.2, 0.25) is 0 Å². The third-order valence-electron chi connectivity index (χ3n) is 3.46. The molecule has 5 nitrogen and oxygen atoms in total. The van der Waals surface area contributed by atoms with Gasteiger partial charge in [-0.05, 0) is 25.7 Å². The van der Waals surface area contributed by atoms with E-state index in [-0.39, 0.29) is 0 Å². The molecular formula is C14H21N3O2. The average molecular weight is 263 g/mol. The fourth-order valence-electron chi connectivity index (χ4n) is 2.12.